The van der Waals surface area contributed by atoms with Crippen LogP contribution in [0.5, 0.6) is 5.75 Å². The molecule has 90 valence electrons. The van der Waals surface area contributed by atoms with Crippen LogP contribution in [0.3, 0.4) is 0 Å². The summed E-state index contributed by atoms with van der Waals surface area (Å²) >= 11 is 0. The van der Waals surface area contributed by atoms with E-state index < -0.39 is 5.82 Å². The average molecular weight is 246 g/mol. The number of halogens is 2. The molecule has 2 nitrogen and oxygen atoms in total. The van der Waals surface area contributed by atoms with Gasteiger partial charge in [0, 0.05) is 11.6 Å². The molecule has 0 unspecified atom stereocenters. The van der Waals surface area contributed by atoms with Crippen molar-refractivity contribution in [2.24, 2.45) is 11.7 Å². The second kappa shape index (κ2) is 5.02. The molecule has 0 heterocycles. The van der Waals surface area contributed by atoms with E-state index >= 15 is 0 Å². The van der Waals surface area contributed by atoms with Crippen molar-refractivity contribution in [3.63, 3.8) is 0 Å². The van der Waals surface area contributed by atoms with Crippen LogP contribution in [0.25, 0.3) is 0 Å². The van der Waals surface area contributed by atoms with Crippen molar-refractivity contribution in [1.29, 1.82) is 0 Å². The minimum absolute atomic E-state index is 0. The Kier molecular flexibility index (Phi) is 4.16. The Morgan fingerprint density at radius 1 is 1.44 bits per heavy atom. The highest BCUT2D eigenvalue weighted by molar-refractivity contribution is 5.85. The van der Waals surface area contributed by atoms with Crippen LogP contribution in [0.4, 0.5) is 4.39 Å². The molecule has 1 aliphatic carbocycles. The molecular formula is C12H17ClFNO. The summed E-state index contributed by atoms with van der Waals surface area (Å²) in [5.41, 5.74) is 6.94. The molecule has 0 bridgehead atoms. The summed E-state index contributed by atoms with van der Waals surface area (Å²) in [7, 11) is 0. The van der Waals surface area contributed by atoms with Crippen molar-refractivity contribution >= 4 is 12.4 Å². The van der Waals surface area contributed by atoms with E-state index in [9.17, 15) is 9.50 Å². The number of hydrogen-bond acceptors (Lipinski definition) is 2. The molecule has 0 saturated heterocycles. The Labute approximate surface area is 101 Å². The van der Waals surface area contributed by atoms with Crippen LogP contribution in [0.15, 0.2) is 12.1 Å². The van der Waals surface area contributed by atoms with Gasteiger partial charge < -0.3 is 10.8 Å². The molecule has 3 N–H and O–H groups in total. The second-order valence-corrected chi connectivity index (χ2v) is 4.34. The third-order valence-electron chi connectivity index (χ3n) is 3.36. The lowest BCUT2D eigenvalue weighted by Crippen LogP contribution is -2.27. The highest BCUT2D eigenvalue weighted by Gasteiger charge is 2.29. The van der Waals surface area contributed by atoms with E-state index in [1.165, 1.54) is 6.07 Å². The maximum atomic E-state index is 13.6. The van der Waals surface area contributed by atoms with E-state index in [1.54, 1.807) is 13.0 Å². The van der Waals surface area contributed by atoms with Gasteiger partial charge in [-0.05, 0) is 37.3 Å². The number of rotatable bonds is 2. The van der Waals surface area contributed by atoms with Gasteiger partial charge in [0.1, 0.15) is 11.6 Å². The van der Waals surface area contributed by atoms with Crippen molar-refractivity contribution in [2.75, 3.05) is 0 Å². The number of aryl methyl sites for hydroxylation is 1. The van der Waals surface area contributed by atoms with Gasteiger partial charge in [0.2, 0.25) is 0 Å². The van der Waals surface area contributed by atoms with Gasteiger partial charge in [-0.1, -0.05) is 12.5 Å². The standard InChI is InChI=1S/C12H16FNO.ClH/c1-7-5-6-9(13)10(12(7)15)11(14)8-3-2-4-8;/h5-6,8,11,15H,2-4,14H2,1H3;1H/t11-;/m0./s1. The lowest BCUT2D eigenvalue weighted by molar-refractivity contribution is 0.256. The summed E-state index contributed by atoms with van der Waals surface area (Å²) in [6.45, 7) is 1.76. The predicted octanol–water partition coefficient (Wildman–Crippen LogP) is 3.06. The minimum Gasteiger partial charge on any atom is -0.507 e. The fourth-order valence-corrected chi connectivity index (χ4v) is 2.04. The normalized spacial score (nSPS) is 17.4. The lowest BCUT2D eigenvalue weighted by atomic mass is 9.77. The molecule has 0 spiro atoms. The van der Waals surface area contributed by atoms with Crippen molar-refractivity contribution in [1.82, 2.24) is 0 Å². The first-order valence-electron chi connectivity index (χ1n) is 5.35. The lowest BCUT2D eigenvalue weighted by Gasteiger charge is -2.32. The molecule has 1 saturated carbocycles. The summed E-state index contributed by atoms with van der Waals surface area (Å²) in [6.07, 6.45) is 3.23. The van der Waals surface area contributed by atoms with Gasteiger partial charge in [-0.3, -0.25) is 0 Å². The molecule has 1 atom stereocenters. The van der Waals surface area contributed by atoms with Crippen LogP contribution in [-0.2, 0) is 0 Å². The van der Waals surface area contributed by atoms with Crippen LogP contribution < -0.4 is 5.73 Å². The monoisotopic (exact) mass is 245 g/mol. The molecule has 4 heteroatoms. The molecular weight excluding hydrogens is 229 g/mol. The van der Waals surface area contributed by atoms with Crippen molar-refractivity contribution in [2.45, 2.75) is 32.2 Å². The van der Waals surface area contributed by atoms with Crippen LogP contribution in [-0.4, -0.2) is 5.11 Å². The van der Waals surface area contributed by atoms with Gasteiger partial charge >= 0.3 is 0 Å². The smallest absolute Gasteiger partial charge is 0.131 e. The molecule has 0 aliphatic heterocycles. The van der Waals surface area contributed by atoms with Crippen molar-refractivity contribution in [3.05, 3.63) is 29.1 Å². The second-order valence-electron chi connectivity index (χ2n) is 4.34. The minimum atomic E-state index is -0.391. The summed E-state index contributed by atoms with van der Waals surface area (Å²) < 4.78 is 13.6. The van der Waals surface area contributed by atoms with Gasteiger partial charge in [0.05, 0.1) is 0 Å². The number of phenolic OH excluding ortho intramolecular Hbond substituents is 1. The number of hydrogen-bond donors (Lipinski definition) is 2. The molecule has 1 fully saturated rings. The van der Waals surface area contributed by atoms with Crippen LogP contribution >= 0.6 is 12.4 Å². The molecule has 16 heavy (non-hydrogen) atoms. The zero-order valence-electron chi connectivity index (χ0n) is 9.24. The molecule has 1 aromatic carbocycles. The van der Waals surface area contributed by atoms with Crippen LogP contribution in [0.2, 0.25) is 0 Å². The summed E-state index contributed by atoms with van der Waals surface area (Å²) in [5, 5.41) is 9.80. The highest BCUT2D eigenvalue weighted by atomic mass is 35.5. The SMILES string of the molecule is Cc1ccc(F)c([C@@H](N)C2CCC2)c1O.Cl. The average Bonchev–Trinajstić information content (AvgIpc) is 2.09. The van der Waals surface area contributed by atoms with Crippen molar-refractivity contribution in [3.8, 4) is 5.75 Å². The number of benzene rings is 1. The van der Waals surface area contributed by atoms with Crippen LogP contribution in [0, 0.1) is 18.7 Å². The molecule has 1 aromatic rings. The van der Waals surface area contributed by atoms with E-state index in [1.807, 2.05) is 0 Å². The predicted molar refractivity (Wildman–Crippen MR) is 64.3 cm³/mol. The van der Waals surface area contributed by atoms with Gasteiger partial charge in [-0.2, -0.15) is 0 Å². The Morgan fingerprint density at radius 3 is 2.56 bits per heavy atom. The summed E-state index contributed by atoms with van der Waals surface area (Å²) in [6, 6.07) is 2.59. The van der Waals surface area contributed by atoms with Crippen molar-refractivity contribution < 1.29 is 9.50 Å². The first kappa shape index (κ1) is 13.3. The fourth-order valence-electron chi connectivity index (χ4n) is 2.04. The van der Waals surface area contributed by atoms with Gasteiger partial charge in [-0.15, -0.1) is 12.4 Å². The quantitative estimate of drug-likeness (QED) is 0.841. The Bertz CT molecular complexity index is 380. The summed E-state index contributed by atoms with van der Waals surface area (Å²) in [4.78, 5) is 0. The third kappa shape index (κ3) is 2.15. The Balaban J connectivity index is 0.00000128. The number of phenols is 1. The Hall–Kier alpha value is -0.800. The first-order chi connectivity index (χ1) is 7.11. The maximum Gasteiger partial charge on any atom is 0.131 e. The number of aromatic hydroxyl groups is 1. The molecule has 2 rings (SSSR count). The van der Waals surface area contributed by atoms with E-state index in [0.29, 0.717) is 17.0 Å². The van der Waals surface area contributed by atoms with Crippen LogP contribution in [0.1, 0.15) is 36.4 Å². The van der Waals surface area contributed by atoms with E-state index in [-0.39, 0.29) is 24.2 Å². The van der Waals surface area contributed by atoms with Gasteiger partial charge in [-0.25, -0.2) is 4.39 Å². The number of nitrogens with two attached hydrogens (primary N) is 1. The van der Waals surface area contributed by atoms with E-state index in [0.717, 1.165) is 19.3 Å². The topological polar surface area (TPSA) is 46.2 Å². The first-order valence-corrected chi connectivity index (χ1v) is 5.35. The molecule has 1 aliphatic rings. The Morgan fingerprint density at radius 2 is 2.06 bits per heavy atom. The van der Waals surface area contributed by atoms with E-state index in [4.69, 9.17) is 5.73 Å². The largest absolute Gasteiger partial charge is 0.507 e. The maximum absolute atomic E-state index is 13.6. The zero-order valence-corrected chi connectivity index (χ0v) is 10.1. The molecule has 0 aromatic heterocycles. The summed E-state index contributed by atoms with van der Waals surface area (Å²) in [5.74, 6) is -0.0425. The molecule has 0 radical (unpaired) electrons. The fraction of sp³-hybridized carbons (Fsp3) is 0.500. The van der Waals surface area contributed by atoms with Gasteiger partial charge in [0.15, 0.2) is 0 Å². The van der Waals surface area contributed by atoms with E-state index in [2.05, 4.69) is 0 Å². The zero-order chi connectivity index (χ0) is 11.0. The molecule has 0 amide bonds. The highest BCUT2D eigenvalue weighted by Crippen LogP contribution is 2.40. The third-order valence-corrected chi connectivity index (χ3v) is 3.36. The van der Waals surface area contributed by atoms with Gasteiger partial charge in [0.25, 0.3) is 0 Å².